The van der Waals surface area contributed by atoms with E-state index in [0.29, 0.717) is 28.3 Å². The summed E-state index contributed by atoms with van der Waals surface area (Å²) in [4.78, 5) is 25.2. The van der Waals surface area contributed by atoms with E-state index < -0.39 is 0 Å². The minimum absolute atomic E-state index is 0.0515. The minimum atomic E-state index is -0.367. The lowest BCUT2D eigenvalue weighted by atomic mass is 10.2. The van der Waals surface area contributed by atoms with Gasteiger partial charge in [0.05, 0.1) is 6.10 Å². The van der Waals surface area contributed by atoms with E-state index in [1.807, 2.05) is 38.1 Å². The van der Waals surface area contributed by atoms with E-state index >= 15 is 0 Å². The number of amides is 2. The van der Waals surface area contributed by atoms with Crippen LogP contribution in [0.4, 0.5) is 11.4 Å². The summed E-state index contributed by atoms with van der Waals surface area (Å²) < 4.78 is 11.4. The minimum Gasteiger partial charge on any atom is -0.491 e. The second-order valence-electron chi connectivity index (χ2n) is 7.96. The zero-order valence-electron chi connectivity index (χ0n) is 19.3. The van der Waals surface area contributed by atoms with Gasteiger partial charge in [0.15, 0.2) is 10.9 Å². The van der Waals surface area contributed by atoms with Crippen molar-refractivity contribution in [1.29, 1.82) is 0 Å². The van der Waals surface area contributed by atoms with Crippen LogP contribution in [0.2, 0.25) is 0 Å². The molecule has 0 fully saturated rings. The Kier molecular flexibility index (Phi) is 7.42. The number of carbonyl (C=O) groups is 2. The first-order valence-electron chi connectivity index (χ1n) is 11.2. The number of thiocarbonyl (C=S) groups is 1. The third-order valence-electron chi connectivity index (χ3n) is 5.26. The van der Waals surface area contributed by atoms with Crippen molar-refractivity contribution in [2.75, 3.05) is 10.6 Å². The fourth-order valence-corrected chi connectivity index (χ4v) is 3.54. The first-order valence-corrected chi connectivity index (χ1v) is 11.6. The molecule has 0 saturated heterocycles. The number of anilines is 2. The molecule has 35 heavy (non-hydrogen) atoms. The maximum Gasteiger partial charge on any atom is 0.291 e. The largest absolute Gasteiger partial charge is 0.491 e. The number of hydrogen-bond donors (Lipinski definition) is 3. The lowest BCUT2D eigenvalue weighted by Crippen LogP contribution is -2.34. The molecule has 0 saturated carbocycles. The highest BCUT2D eigenvalue weighted by molar-refractivity contribution is 7.80. The van der Waals surface area contributed by atoms with Crippen LogP contribution < -0.4 is 20.7 Å². The SMILES string of the molecule is CC[C@H](C)Oc1cccc(C(=O)NC(=S)Nc2cccc(NC(=O)c3cc4ccccc4o3)c2)c1. The van der Waals surface area contributed by atoms with Gasteiger partial charge in [-0.2, -0.15) is 0 Å². The van der Waals surface area contributed by atoms with E-state index in [-0.39, 0.29) is 28.8 Å². The van der Waals surface area contributed by atoms with Crippen molar-refractivity contribution < 1.29 is 18.7 Å². The van der Waals surface area contributed by atoms with Crippen LogP contribution in [0.15, 0.2) is 83.3 Å². The highest BCUT2D eigenvalue weighted by Crippen LogP contribution is 2.21. The van der Waals surface area contributed by atoms with Gasteiger partial charge in [0.2, 0.25) is 0 Å². The molecule has 178 valence electrons. The number of fused-ring (bicyclic) bond motifs is 1. The molecule has 7 nitrogen and oxygen atoms in total. The van der Waals surface area contributed by atoms with E-state index in [1.54, 1.807) is 54.6 Å². The molecular weight excluding hydrogens is 462 g/mol. The number of carbonyl (C=O) groups excluding carboxylic acids is 2. The van der Waals surface area contributed by atoms with Crippen LogP contribution in [0.25, 0.3) is 11.0 Å². The van der Waals surface area contributed by atoms with Crippen LogP contribution in [0.5, 0.6) is 5.75 Å². The van der Waals surface area contributed by atoms with E-state index in [0.717, 1.165) is 11.8 Å². The molecule has 0 spiro atoms. The van der Waals surface area contributed by atoms with Gasteiger partial charge in [-0.05, 0) is 74.1 Å². The summed E-state index contributed by atoms with van der Waals surface area (Å²) in [5, 5.41) is 9.42. The molecule has 2 amide bonds. The van der Waals surface area contributed by atoms with E-state index in [9.17, 15) is 9.59 Å². The smallest absolute Gasteiger partial charge is 0.291 e. The molecular formula is C27H25N3O4S. The summed E-state index contributed by atoms with van der Waals surface area (Å²) in [6.07, 6.45) is 0.915. The van der Waals surface area contributed by atoms with Crippen LogP contribution in [-0.2, 0) is 0 Å². The van der Waals surface area contributed by atoms with Gasteiger partial charge in [-0.25, -0.2) is 0 Å². The molecule has 1 aromatic heterocycles. The first kappa shape index (κ1) is 24.0. The Balaban J connectivity index is 1.36. The first-order chi connectivity index (χ1) is 16.9. The highest BCUT2D eigenvalue weighted by atomic mass is 32.1. The average molecular weight is 488 g/mol. The van der Waals surface area contributed by atoms with Gasteiger partial charge < -0.3 is 19.8 Å². The normalized spacial score (nSPS) is 11.5. The number of para-hydroxylation sites is 1. The van der Waals surface area contributed by atoms with Crippen molar-refractivity contribution in [2.24, 2.45) is 0 Å². The number of benzene rings is 3. The fraction of sp³-hybridized carbons (Fsp3) is 0.148. The topological polar surface area (TPSA) is 92.6 Å². The molecule has 0 aliphatic heterocycles. The predicted molar refractivity (Wildman–Crippen MR) is 141 cm³/mol. The van der Waals surface area contributed by atoms with Crippen LogP contribution in [0, 0.1) is 0 Å². The third kappa shape index (κ3) is 6.24. The van der Waals surface area contributed by atoms with Gasteiger partial charge in [0.1, 0.15) is 11.3 Å². The molecule has 3 N–H and O–H groups in total. The Morgan fingerprint density at radius 1 is 0.914 bits per heavy atom. The maximum absolute atomic E-state index is 12.6. The molecule has 3 aromatic carbocycles. The van der Waals surface area contributed by atoms with E-state index in [1.165, 1.54) is 0 Å². The van der Waals surface area contributed by atoms with E-state index in [2.05, 4.69) is 16.0 Å². The lowest BCUT2D eigenvalue weighted by Gasteiger charge is -2.14. The fourth-order valence-electron chi connectivity index (χ4n) is 3.33. The van der Waals surface area contributed by atoms with Gasteiger partial charge in [-0.15, -0.1) is 0 Å². The molecule has 0 unspecified atom stereocenters. The maximum atomic E-state index is 12.6. The summed E-state index contributed by atoms with van der Waals surface area (Å²) in [5.74, 6) is 0.117. The molecule has 0 bridgehead atoms. The lowest BCUT2D eigenvalue weighted by molar-refractivity contribution is 0.0974. The third-order valence-corrected chi connectivity index (χ3v) is 5.47. The average Bonchev–Trinajstić information content (AvgIpc) is 3.29. The van der Waals surface area contributed by atoms with Crippen molar-refractivity contribution in [3.63, 3.8) is 0 Å². The Hall–Kier alpha value is -4.17. The Bertz CT molecular complexity index is 1350. The second kappa shape index (κ2) is 10.8. The van der Waals surface area contributed by atoms with Gasteiger partial charge in [0.25, 0.3) is 11.8 Å². The number of nitrogens with one attached hydrogen (secondary N) is 3. The summed E-state index contributed by atoms with van der Waals surface area (Å²) in [5.41, 5.74) is 2.23. The zero-order chi connectivity index (χ0) is 24.8. The quantitative estimate of drug-likeness (QED) is 0.277. The van der Waals surface area contributed by atoms with Gasteiger partial charge in [-0.3, -0.25) is 14.9 Å². The number of rotatable bonds is 7. The summed E-state index contributed by atoms with van der Waals surface area (Å²) in [7, 11) is 0. The monoisotopic (exact) mass is 487 g/mol. The van der Waals surface area contributed by atoms with Crippen LogP contribution in [-0.4, -0.2) is 23.0 Å². The highest BCUT2D eigenvalue weighted by Gasteiger charge is 2.13. The second-order valence-corrected chi connectivity index (χ2v) is 8.36. The van der Waals surface area contributed by atoms with Crippen molar-refractivity contribution in [3.05, 3.63) is 90.2 Å². The van der Waals surface area contributed by atoms with Crippen molar-refractivity contribution in [1.82, 2.24) is 5.32 Å². The number of ether oxygens (including phenoxy) is 1. The summed E-state index contributed by atoms with van der Waals surface area (Å²) in [6, 6.07) is 23.0. The molecule has 0 radical (unpaired) electrons. The Morgan fingerprint density at radius 2 is 1.66 bits per heavy atom. The van der Waals surface area contributed by atoms with Crippen molar-refractivity contribution >= 4 is 51.5 Å². The molecule has 0 aliphatic carbocycles. The summed E-state index contributed by atoms with van der Waals surface area (Å²) >= 11 is 5.30. The van der Waals surface area contributed by atoms with Gasteiger partial charge in [0, 0.05) is 22.3 Å². The van der Waals surface area contributed by atoms with Crippen molar-refractivity contribution in [3.8, 4) is 5.75 Å². The molecule has 8 heteroatoms. The van der Waals surface area contributed by atoms with E-state index in [4.69, 9.17) is 21.4 Å². The molecule has 4 aromatic rings. The van der Waals surface area contributed by atoms with Gasteiger partial charge >= 0.3 is 0 Å². The number of hydrogen-bond acceptors (Lipinski definition) is 5. The standard InChI is InChI=1S/C27H25N3O4S/c1-3-17(2)33-22-12-6-9-19(14-22)25(31)30-27(35)29-21-11-7-10-20(16-21)28-26(32)24-15-18-8-4-5-13-23(18)34-24/h4-17H,3H2,1-2H3,(H,28,32)(H2,29,30,31,35)/t17-/m0/s1. The molecule has 1 atom stereocenters. The molecule has 1 heterocycles. The molecule has 4 rings (SSSR count). The Morgan fingerprint density at radius 3 is 2.43 bits per heavy atom. The van der Waals surface area contributed by atoms with Crippen molar-refractivity contribution in [2.45, 2.75) is 26.4 Å². The van der Waals surface area contributed by atoms with Crippen LogP contribution >= 0.6 is 12.2 Å². The summed E-state index contributed by atoms with van der Waals surface area (Å²) in [6.45, 7) is 4.00. The van der Waals surface area contributed by atoms with Crippen LogP contribution in [0.1, 0.15) is 41.2 Å². The zero-order valence-corrected chi connectivity index (χ0v) is 20.1. The van der Waals surface area contributed by atoms with Gasteiger partial charge in [-0.1, -0.05) is 37.3 Å². The molecule has 0 aliphatic rings. The Labute approximate surface area is 208 Å². The van der Waals surface area contributed by atoms with Crippen LogP contribution in [0.3, 0.4) is 0 Å². The predicted octanol–water partition coefficient (Wildman–Crippen LogP) is 5.99. The number of furan rings is 1.